The lowest BCUT2D eigenvalue weighted by Crippen LogP contribution is -2.47. The Morgan fingerprint density at radius 1 is 1.17 bits per heavy atom. The molecular weight excluding hydrogens is 396 g/mol. The first-order chi connectivity index (χ1) is 14.0. The zero-order chi connectivity index (χ0) is 20.4. The molecule has 1 aromatic carbocycles. The normalized spacial score (nSPS) is 16.0. The van der Waals surface area contributed by atoms with Gasteiger partial charge in [0.05, 0.1) is 16.7 Å². The average Bonchev–Trinajstić information content (AvgIpc) is 3.24. The van der Waals surface area contributed by atoms with Crippen LogP contribution in [0.4, 0.5) is 11.5 Å². The van der Waals surface area contributed by atoms with Gasteiger partial charge in [-0.15, -0.1) is 15.0 Å². The van der Waals surface area contributed by atoms with Crippen molar-refractivity contribution < 1.29 is 4.92 Å². The van der Waals surface area contributed by atoms with Crippen molar-refractivity contribution in [1.82, 2.24) is 30.1 Å². The van der Waals surface area contributed by atoms with E-state index in [9.17, 15) is 10.1 Å². The Morgan fingerprint density at radius 3 is 2.69 bits per heavy atom. The van der Waals surface area contributed by atoms with Crippen molar-refractivity contribution in [3.63, 3.8) is 0 Å². The Labute approximate surface area is 171 Å². The molecule has 0 radical (unpaired) electrons. The van der Waals surface area contributed by atoms with Crippen LogP contribution in [0.15, 0.2) is 42.6 Å². The summed E-state index contributed by atoms with van der Waals surface area (Å²) in [5.41, 5.74) is 0.774. The van der Waals surface area contributed by atoms with Crippen LogP contribution < -0.4 is 4.90 Å². The summed E-state index contributed by atoms with van der Waals surface area (Å²) in [7, 11) is 0. The van der Waals surface area contributed by atoms with E-state index in [1.807, 2.05) is 24.0 Å². The van der Waals surface area contributed by atoms with Gasteiger partial charge in [0.2, 0.25) is 5.82 Å². The van der Waals surface area contributed by atoms with Gasteiger partial charge in [0.1, 0.15) is 0 Å². The summed E-state index contributed by atoms with van der Waals surface area (Å²) in [6, 6.07) is 10.3. The molecule has 3 aromatic rings. The summed E-state index contributed by atoms with van der Waals surface area (Å²) in [6.45, 7) is 4.70. The molecular formula is C18H19ClN8O2. The zero-order valence-electron chi connectivity index (χ0n) is 15.7. The average molecular weight is 415 g/mol. The van der Waals surface area contributed by atoms with E-state index < -0.39 is 4.92 Å². The third-order valence-electron chi connectivity index (χ3n) is 4.97. The predicted molar refractivity (Wildman–Crippen MR) is 107 cm³/mol. The number of hydrogen-bond acceptors (Lipinski definition) is 8. The van der Waals surface area contributed by atoms with E-state index in [-0.39, 0.29) is 11.7 Å². The second-order valence-electron chi connectivity index (χ2n) is 6.72. The van der Waals surface area contributed by atoms with Crippen molar-refractivity contribution >= 4 is 23.1 Å². The van der Waals surface area contributed by atoms with E-state index in [0.29, 0.717) is 42.8 Å². The molecule has 1 saturated heterocycles. The van der Waals surface area contributed by atoms with Gasteiger partial charge in [-0.1, -0.05) is 17.7 Å². The Morgan fingerprint density at radius 2 is 1.97 bits per heavy atom. The van der Waals surface area contributed by atoms with Crippen molar-refractivity contribution in [3.8, 4) is 5.69 Å². The number of anilines is 1. The van der Waals surface area contributed by atoms with E-state index in [4.69, 9.17) is 11.6 Å². The molecule has 1 atom stereocenters. The number of hydrogen-bond donors (Lipinski definition) is 0. The second kappa shape index (κ2) is 8.10. The molecule has 1 aliphatic heterocycles. The fraction of sp³-hybridized carbons (Fsp3) is 0.333. The highest BCUT2D eigenvalue weighted by Crippen LogP contribution is 2.27. The van der Waals surface area contributed by atoms with Gasteiger partial charge in [-0.25, -0.2) is 4.98 Å². The van der Waals surface area contributed by atoms with E-state index in [1.165, 1.54) is 10.9 Å². The number of nitrogens with zero attached hydrogens (tertiary/aromatic N) is 8. The van der Waals surface area contributed by atoms with E-state index >= 15 is 0 Å². The van der Waals surface area contributed by atoms with Gasteiger partial charge in [0.15, 0.2) is 5.82 Å². The second-order valence-corrected chi connectivity index (χ2v) is 7.16. The van der Waals surface area contributed by atoms with Crippen LogP contribution in [-0.4, -0.2) is 61.2 Å². The van der Waals surface area contributed by atoms with Gasteiger partial charge in [-0.05, 0) is 36.4 Å². The van der Waals surface area contributed by atoms with E-state index in [1.54, 1.807) is 24.4 Å². The molecule has 0 bridgehead atoms. The molecule has 11 heteroatoms. The highest BCUT2D eigenvalue weighted by Gasteiger charge is 2.28. The standard InChI is InChI=1S/C18H19ClN8O2/c1-13(17-21-23-26(22-17)15-5-2-4-14(19)12-15)24-8-10-25(11-9-24)18-16(27(28)29)6-3-7-20-18/h2-7,12-13H,8-11H2,1H3. The fourth-order valence-electron chi connectivity index (χ4n) is 3.36. The lowest BCUT2D eigenvalue weighted by atomic mass is 10.2. The summed E-state index contributed by atoms with van der Waals surface area (Å²) in [5.74, 6) is 1.03. The number of piperazine rings is 1. The van der Waals surface area contributed by atoms with Crippen LogP contribution in [0.1, 0.15) is 18.8 Å². The minimum Gasteiger partial charge on any atom is -0.348 e. The minimum absolute atomic E-state index is 0.0279. The first kappa shape index (κ1) is 19.2. The topological polar surface area (TPSA) is 106 Å². The third-order valence-corrected chi connectivity index (χ3v) is 5.20. The SMILES string of the molecule is CC(c1nnn(-c2cccc(Cl)c2)n1)N1CCN(c2ncccc2[N+](=O)[O-])CC1. The Balaban J connectivity index is 1.44. The van der Waals surface area contributed by atoms with Crippen LogP contribution in [0.25, 0.3) is 5.69 Å². The molecule has 0 spiro atoms. The molecule has 0 N–H and O–H groups in total. The van der Waals surface area contributed by atoms with Crippen LogP contribution in [0.2, 0.25) is 5.02 Å². The third kappa shape index (κ3) is 4.03. The maximum Gasteiger partial charge on any atom is 0.311 e. The molecule has 1 unspecified atom stereocenters. The van der Waals surface area contributed by atoms with Gasteiger partial charge >= 0.3 is 5.69 Å². The smallest absolute Gasteiger partial charge is 0.311 e. The molecule has 1 aliphatic rings. The monoisotopic (exact) mass is 414 g/mol. The highest BCUT2D eigenvalue weighted by molar-refractivity contribution is 6.30. The lowest BCUT2D eigenvalue weighted by molar-refractivity contribution is -0.384. The summed E-state index contributed by atoms with van der Waals surface area (Å²) in [5, 5.41) is 24.7. The molecule has 0 amide bonds. The van der Waals surface area contributed by atoms with Crippen molar-refractivity contribution in [2.45, 2.75) is 13.0 Å². The number of aromatic nitrogens is 5. The highest BCUT2D eigenvalue weighted by atomic mass is 35.5. The molecule has 1 fully saturated rings. The van der Waals surface area contributed by atoms with Crippen LogP contribution in [0.3, 0.4) is 0 Å². The zero-order valence-corrected chi connectivity index (χ0v) is 16.5. The quantitative estimate of drug-likeness (QED) is 0.463. The summed E-state index contributed by atoms with van der Waals surface area (Å²) >= 11 is 6.03. The maximum atomic E-state index is 11.3. The molecule has 0 saturated carbocycles. The lowest BCUT2D eigenvalue weighted by Gasteiger charge is -2.37. The van der Waals surface area contributed by atoms with Gasteiger partial charge in [0, 0.05) is 43.5 Å². The molecule has 10 nitrogen and oxygen atoms in total. The van der Waals surface area contributed by atoms with Gasteiger partial charge in [-0.2, -0.15) is 0 Å². The number of pyridine rings is 1. The van der Waals surface area contributed by atoms with Gasteiger partial charge in [0.25, 0.3) is 0 Å². The number of benzene rings is 1. The number of nitro groups is 1. The summed E-state index contributed by atoms with van der Waals surface area (Å²) < 4.78 is 0. The number of halogens is 1. The van der Waals surface area contributed by atoms with Crippen LogP contribution in [0, 0.1) is 10.1 Å². The fourth-order valence-corrected chi connectivity index (χ4v) is 3.55. The largest absolute Gasteiger partial charge is 0.348 e. The predicted octanol–water partition coefficient (Wildman–Crippen LogP) is 2.50. The maximum absolute atomic E-state index is 11.3. The Bertz CT molecular complexity index is 1020. The summed E-state index contributed by atoms with van der Waals surface area (Å²) in [6.07, 6.45) is 1.58. The number of tetrazole rings is 1. The van der Waals surface area contributed by atoms with Crippen molar-refractivity contribution in [1.29, 1.82) is 0 Å². The van der Waals surface area contributed by atoms with Crippen LogP contribution in [-0.2, 0) is 0 Å². The molecule has 4 rings (SSSR count). The molecule has 3 heterocycles. The summed E-state index contributed by atoms with van der Waals surface area (Å²) in [4.78, 5) is 20.7. The van der Waals surface area contributed by atoms with Gasteiger partial charge < -0.3 is 4.90 Å². The van der Waals surface area contributed by atoms with Crippen molar-refractivity contribution in [2.24, 2.45) is 0 Å². The first-order valence-corrected chi connectivity index (χ1v) is 9.55. The molecule has 150 valence electrons. The van der Waals surface area contributed by atoms with Crippen LogP contribution >= 0.6 is 11.6 Å². The molecule has 2 aromatic heterocycles. The Hall–Kier alpha value is -3.11. The number of rotatable bonds is 5. The molecule has 29 heavy (non-hydrogen) atoms. The van der Waals surface area contributed by atoms with E-state index in [2.05, 4.69) is 25.3 Å². The van der Waals surface area contributed by atoms with Crippen molar-refractivity contribution in [3.05, 3.63) is 63.6 Å². The van der Waals surface area contributed by atoms with Crippen molar-refractivity contribution in [2.75, 3.05) is 31.1 Å². The molecule has 0 aliphatic carbocycles. The van der Waals surface area contributed by atoms with Crippen LogP contribution in [0.5, 0.6) is 0 Å². The first-order valence-electron chi connectivity index (χ1n) is 9.17. The van der Waals surface area contributed by atoms with E-state index in [0.717, 1.165) is 5.69 Å². The Kier molecular flexibility index (Phi) is 5.36. The van der Waals surface area contributed by atoms with Gasteiger partial charge in [-0.3, -0.25) is 15.0 Å². The minimum atomic E-state index is -0.393.